The van der Waals surface area contributed by atoms with E-state index in [2.05, 4.69) is 10.3 Å². The molecule has 8 heteroatoms. The molecule has 4 rings (SSSR count). The monoisotopic (exact) mass is 535 g/mol. The van der Waals surface area contributed by atoms with Crippen LogP contribution in [0.25, 0.3) is 0 Å². The Morgan fingerprint density at radius 3 is 2.34 bits per heavy atom. The molecule has 38 heavy (non-hydrogen) atoms. The highest BCUT2D eigenvalue weighted by Crippen LogP contribution is 2.31. The third-order valence-electron chi connectivity index (χ3n) is 6.62. The molecule has 1 atom stereocenters. The van der Waals surface area contributed by atoms with Crippen LogP contribution >= 0.6 is 11.3 Å². The lowest BCUT2D eigenvalue weighted by Crippen LogP contribution is -2.38. The van der Waals surface area contributed by atoms with E-state index in [0.717, 1.165) is 40.5 Å². The fraction of sp³-hybridized carbons (Fsp3) is 0.433. The predicted molar refractivity (Wildman–Crippen MR) is 151 cm³/mol. The number of ether oxygens (including phenoxy) is 2. The van der Waals surface area contributed by atoms with Crippen molar-refractivity contribution in [1.29, 1.82) is 0 Å². The van der Waals surface area contributed by atoms with E-state index in [4.69, 9.17) is 9.47 Å². The Morgan fingerprint density at radius 2 is 1.71 bits per heavy atom. The van der Waals surface area contributed by atoms with Crippen LogP contribution in [0.1, 0.15) is 76.5 Å². The van der Waals surface area contributed by atoms with E-state index >= 15 is 0 Å². The van der Waals surface area contributed by atoms with Crippen LogP contribution < -0.4 is 14.8 Å². The molecular weight excluding hydrogens is 498 g/mol. The number of nitrogens with one attached hydrogen (secondary N) is 1. The minimum absolute atomic E-state index is 0.0378. The van der Waals surface area contributed by atoms with Gasteiger partial charge < -0.3 is 19.7 Å². The van der Waals surface area contributed by atoms with Crippen LogP contribution in [-0.4, -0.2) is 53.5 Å². The third-order valence-corrected chi connectivity index (χ3v) is 7.63. The molecule has 2 heterocycles. The molecule has 0 saturated carbocycles. The van der Waals surface area contributed by atoms with Crippen molar-refractivity contribution in [2.75, 3.05) is 19.7 Å². The number of hydrogen-bond donors (Lipinski definition) is 1. The zero-order chi connectivity index (χ0) is 27.2. The molecule has 0 radical (unpaired) electrons. The third kappa shape index (κ3) is 6.92. The summed E-state index contributed by atoms with van der Waals surface area (Å²) >= 11 is 1.52. The number of benzene rings is 2. The van der Waals surface area contributed by atoms with Crippen molar-refractivity contribution in [3.63, 3.8) is 0 Å². The summed E-state index contributed by atoms with van der Waals surface area (Å²) in [5.74, 6) is 1.73. The second-order valence-corrected chi connectivity index (χ2v) is 11.1. The van der Waals surface area contributed by atoms with Crippen molar-refractivity contribution < 1.29 is 19.1 Å². The standard InChI is InChI=1S/C30H37N3O4S/c1-19(2)37-25-11-9-24(10-12-25)30(35)33-15-13-23(14-16-33)29-32-26(18-38-29)28(34)31-22(5)17-36-27-20(3)7-6-8-21(27)4/h6-12,18-19,22-23H,13-17H2,1-5H3,(H,31,34). The van der Waals surface area contributed by atoms with Crippen LogP contribution in [0.4, 0.5) is 0 Å². The van der Waals surface area contributed by atoms with E-state index in [1.807, 2.05) is 87.4 Å². The van der Waals surface area contributed by atoms with E-state index in [1.165, 1.54) is 11.3 Å². The molecule has 2 amide bonds. The molecular formula is C30H37N3O4S. The van der Waals surface area contributed by atoms with Gasteiger partial charge in [0.2, 0.25) is 0 Å². The van der Waals surface area contributed by atoms with Crippen LogP contribution in [0, 0.1) is 13.8 Å². The Bertz CT molecular complexity index is 1230. The summed E-state index contributed by atoms with van der Waals surface area (Å²) in [7, 11) is 0. The number of likely N-dealkylation sites (tertiary alicyclic amines) is 1. The molecule has 3 aromatic rings. The number of carbonyl (C=O) groups is 2. The van der Waals surface area contributed by atoms with Crippen LogP contribution in [-0.2, 0) is 0 Å². The molecule has 1 aliphatic rings. The highest BCUT2D eigenvalue weighted by atomic mass is 32.1. The van der Waals surface area contributed by atoms with E-state index < -0.39 is 0 Å². The first-order chi connectivity index (χ1) is 18.2. The van der Waals surface area contributed by atoms with Gasteiger partial charge in [0, 0.05) is 30.0 Å². The number of aryl methyl sites for hydroxylation is 2. The number of piperidine rings is 1. The van der Waals surface area contributed by atoms with Gasteiger partial charge in [-0.1, -0.05) is 18.2 Å². The van der Waals surface area contributed by atoms with Crippen LogP contribution in [0.15, 0.2) is 47.8 Å². The molecule has 2 aromatic carbocycles. The van der Waals surface area contributed by atoms with Crippen LogP contribution in [0.3, 0.4) is 0 Å². The Kier molecular flexibility index (Phi) is 9.05. The second kappa shape index (κ2) is 12.4. The molecule has 0 bridgehead atoms. The maximum atomic E-state index is 13.0. The van der Waals surface area contributed by atoms with Gasteiger partial charge in [0.15, 0.2) is 0 Å². The predicted octanol–water partition coefficient (Wildman–Crippen LogP) is 5.76. The quantitative estimate of drug-likeness (QED) is 0.377. The number of aromatic nitrogens is 1. The van der Waals surface area contributed by atoms with Crippen molar-refractivity contribution >= 4 is 23.2 Å². The van der Waals surface area contributed by atoms with Crippen molar-refractivity contribution in [2.24, 2.45) is 0 Å². The van der Waals surface area contributed by atoms with Gasteiger partial charge >= 0.3 is 0 Å². The van der Waals surface area contributed by atoms with Gasteiger partial charge in [0.1, 0.15) is 23.8 Å². The lowest BCUT2D eigenvalue weighted by molar-refractivity contribution is 0.0713. The molecule has 1 saturated heterocycles. The van der Waals surface area contributed by atoms with Gasteiger partial charge in [0.25, 0.3) is 11.8 Å². The Morgan fingerprint density at radius 1 is 1.05 bits per heavy atom. The maximum absolute atomic E-state index is 13.0. The van der Waals surface area contributed by atoms with Gasteiger partial charge in [-0.05, 0) is 82.9 Å². The fourth-order valence-corrected chi connectivity index (χ4v) is 5.59. The van der Waals surface area contributed by atoms with Crippen molar-refractivity contribution in [1.82, 2.24) is 15.2 Å². The van der Waals surface area contributed by atoms with Gasteiger partial charge in [-0.2, -0.15) is 0 Å². The highest BCUT2D eigenvalue weighted by Gasteiger charge is 2.27. The smallest absolute Gasteiger partial charge is 0.271 e. The Hall–Kier alpha value is -3.39. The second-order valence-electron chi connectivity index (χ2n) is 10.2. The van der Waals surface area contributed by atoms with Gasteiger partial charge in [-0.3, -0.25) is 9.59 Å². The summed E-state index contributed by atoms with van der Waals surface area (Å²) in [6.45, 7) is 11.6. The molecule has 0 spiro atoms. The number of nitrogens with zero attached hydrogens (tertiary/aromatic N) is 2. The molecule has 7 nitrogen and oxygen atoms in total. The number of para-hydroxylation sites is 1. The zero-order valence-electron chi connectivity index (χ0n) is 22.8. The lowest BCUT2D eigenvalue weighted by Gasteiger charge is -2.31. The van der Waals surface area contributed by atoms with E-state index in [9.17, 15) is 9.59 Å². The number of thiazole rings is 1. The summed E-state index contributed by atoms with van der Waals surface area (Å²) in [6, 6.07) is 13.2. The minimum Gasteiger partial charge on any atom is -0.491 e. The normalized spacial score (nSPS) is 14.8. The first-order valence-corrected chi connectivity index (χ1v) is 14.1. The fourth-order valence-electron chi connectivity index (χ4n) is 4.61. The summed E-state index contributed by atoms with van der Waals surface area (Å²) in [6.07, 6.45) is 1.75. The number of hydrogen-bond acceptors (Lipinski definition) is 6. The van der Waals surface area contributed by atoms with Gasteiger partial charge in [-0.15, -0.1) is 11.3 Å². The minimum atomic E-state index is -0.192. The number of carbonyl (C=O) groups excluding carboxylic acids is 2. The first kappa shape index (κ1) is 27.6. The molecule has 0 aliphatic carbocycles. The molecule has 1 aliphatic heterocycles. The largest absolute Gasteiger partial charge is 0.491 e. The van der Waals surface area contributed by atoms with E-state index in [-0.39, 0.29) is 29.9 Å². The summed E-state index contributed by atoms with van der Waals surface area (Å²) in [5.41, 5.74) is 3.26. The lowest BCUT2D eigenvalue weighted by atomic mass is 9.97. The average Bonchev–Trinajstić information content (AvgIpc) is 3.39. The van der Waals surface area contributed by atoms with Gasteiger partial charge in [-0.25, -0.2) is 4.98 Å². The Balaban J connectivity index is 1.26. The first-order valence-electron chi connectivity index (χ1n) is 13.2. The van der Waals surface area contributed by atoms with E-state index in [1.54, 1.807) is 0 Å². The Labute approximate surface area is 229 Å². The number of amides is 2. The van der Waals surface area contributed by atoms with Gasteiger partial charge in [0.05, 0.1) is 17.2 Å². The summed E-state index contributed by atoms with van der Waals surface area (Å²) in [5, 5.41) is 5.77. The maximum Gasteiger partial charge on any atom is 0.271 e. The van der Waals surface area contributed by atoms with Crippen molar-refractivity contribution in [2.45, 2.75) is 65.5 Å². The SMILES string of the molecule is Cc1cccc(C)c1OCC(C)NC(=O)c1csc(C2CCN(C(=O)c3ccc(OC(C)C)cc3)CC2)n1. The topological polar surface area (TPSA) is 80.8 Å². The highest BCUT2D eigenvalue weighted by molar-refractivity contribution is 7.09. The number of rotatable bonds is 9. The summed E-state index contributed by atoms with van der Waals surface area (Å²) < 4.78 is 11.6. The van der Waals surface area contributed by atoms with E-state index in [0.29, 0.717) is 31.0 Å². The molecule has 1 unspecified atom stereocenters. The van der Waals surface area contributed by atoms with Crippen LogP contribution in [0.2, 0.25) is 0 Å². The average molecular weight is 536 g/mol. The molecule has 1 fully saturated rings. The van der Waals surface area contributed by atoms with Crippen molar-refractivity contribution in [3.05, 3.63) is 75.2 Å². The molecule has 202 valence electrons. The molecule has 1 N–H and O–H groups in total. The zero-order valence-corrected chi connectivity index (χ0v) is 23.6. The summed E-state index contributed by atoms with van der Waals surface area (Å²) in [4.78, 5) is 32.3. The van der Waals surface area contributed by atoms with Crippen molar-refractivity contribution in [3.8, 4) is 11.5 Å². The van der Waals surface area contributed by atoms with Crippen LogP contribution in [0.5, 0.6) is 11.5 Å². The molecule has 1 aromatic heterocycles.